The predicted molar refractivity (Wildman–Crippen MR) is 139 cm³/mol. The second-order valence-electron chi connectivity index (χ2n) is 8.56. The number of rotatable bonds is 6. The van der Waals surface area contributed by atoms with E-state index >= 15 is 0 Å². The molecule has 0 fully saturated rings. The third-order valence-corrected chi connectivity index (χ3v) is 7.01. The van der Waals surface area contributed by atoms with Crippen LogP contribution in [0.4, 0.5) is 5.13 Å². The molecule has 0 unspecified atom stereocenters. The first-order chi connectivity index (χ1) is 16.4. The third kappa shape index (κ3) is 4.08. The van der Waals surface area contributed by atoms with Gasteiger partial charge in [-0.2, -0.15) is 0 Å². The molecule has 0 N–H and O–H groups in total. The van der Waals surface area contributed by atoms with Gasteiger partial charge in [0, 0.05) is 18.5 Å². The van der Waals surface area contributed by atoms with Crippen LogP contribution in [0.2, 0.25) is 0 Å². The number of carbonyl (C=O) groups excluding carboxylic acids is 1. The van der Waals surface area contributed by atoms with E-state index in [4.69, 9.17) is 9.40 Å². The van der Waals surface area contributed by atoms with E-state index in [1.807, 2.05) is 55.4 Å². The maximum atomic E-state index is 13.8. The molecule has 0 bridgehead atoms. The lowest BCUT2D eigenvalue weighted by Crippen LogP contribution is -2.38. The van der Waals surface area contributed by atoms with Crippen LogP contribution in [-0.4, -0.2) is 43.0 Å². The van der Waals surface area contributed by atoms with Gasteiger partial charge < -0.3 is 9.32 Å². The van der Waals surface area contributed by atoms with Gasteiger partial charge in [-0.05, 0) is 61.1 Å². The lowest BCUT2D eigenvalue weighted by molar-refractivity contribution is 0.0982. The minimum Gasteiger partial charge on any atom is -0.422 e. The largest absolute Gasteiger partial charge is 0.422 e. The summed E-state index contributed by atoms with van der Waals surface area (Å²) in [5, 5.41) is 3.27. The second-order valence-corrected chi connectivity index (χ2v) is 9.57. The Hall–Kier alpha value is -3.55. The Morgan fingerprint density at radius 3 is 2.62 bits per heavy atom. The highest BCUT2D eigenvalue weighted by Crippen LogP contribution is 2.31. The lowest BCUT2D eigenvalue weighted by atomic mass is 10.0. The van der Waals surface area contributed by atoms with Gasteiger partial charge in [0.2, 0.25) is 0 Å². The topological polar surface area (TPSA) is 66.7 Å². The van der Waals surface area contributed by atoms with Crippen molar-refractivity contribution in [1.29, 1.82) is 0 Å². The van der Waals surface area contributed by atoms with Gasteiger partial charge in [0.05, 0.1) is 10.2 Å². The number of hydrogen-bond donors (Lipinski definition) is 0. The maximum Gasteiger partial charge on any atom is 0.349 e. The first-order valence-corrected chi connectivity index (χ1v) is 12.1. The number of carbonyl (C=O) groups is 1. The molecule has 1 amide bonds. The molecule has 0 spiro atoms. The Morgan fingerprint density at radius 1 is 1.00 bits per heavy atom. The number of benzene rings is 3. The van der Waals surface area contributed by atoms with Crippen LogP contribution >= 0.6 is 11.3 Å². The summed E-state index contributed by atoms with van der Waals surface area (Å²) in [5.74, 6) is -0.403. The quantitative estimate of drug-likeness (QED) is 0.247. The van der Waals surface area contributed by atoms with Gasteiger partial charge in [0.25, 0.3) is 5.91 Å². The van der Waals surface area contributed by atoms with Crippen molar-refractivity contribution in [2.45, 2.75) is 13.3 Å². The van der Waals surface area contributed by atoms with E-state index in [1.165, 1.54) is 16.9 Å². The zero-order valence-corrected chi connectivity index (χ0v) is 20.2. The molecular weight excluding hydrogens is 446 g/mol. The lowest BCUT2D eigenvalue weighted by Gasteiger charge is -2.21. The third-order valence-electron chi connectivity index (χ3n) is 5.97. The standard InChI is InChI=1S/C27H25N3O3S/c1-4-17-9-11-22-24(15-17)34-27(28-22)30(14-13-29(2)3)25(31)21-16-20-19-8-6-5-7-18(19)10-12-23(20)33-26(21)32/h5-12,15-16H,4,13-14H2,1-3H3. The first kappa shape index (κ1) is 22.3. The van der Waals surface area contributed by atoms with Gasteiger partial charge in [-0.25, -0.2) is 9.78 Å². The molecule has 0 aliphatic heterocycles. The van der Waals surface area contributed by atoms with Crippen molar-refractivity contribution in [3.05, 3.63) is 82.2 Å². The normalized spacial score (nSPS) is 11.6. The molecule has 2 aromatic heterocycles. The maximum absolute atomic E-state index is 13.8. The molecule has 0 aliphatic carbocycles. The molecular formula is C27H25N3O3S. The molecule has 0 aliphatic rings. The monoisotopic (exact) mass is 471 g/mol. The Labute approximate surface area is 201 Å². The Bertz CT molecular complexity index is 1590. The molecule has 0 saturated carbocycles. The number of fused-ring (bicyclic) bond motifs is 4. The van der Waals surface area contributed by atoms with Crippen LogP contribution < -0.4 is 10.5 Å². The molecule has 0 atom stereocenters. The van der Waals surface area contributed by atoms with E-state index in [0.717, 1.165) is 32.8 Å². The van der Waals surface area contributed by atoms with Crippen molar-refractivity contribution < 1.29 is 9.21 Å². The summed E-state index contributed by atoms with van der Waals surface area (Å²) in [5.41, 5.74) is 1.90. The van der Waals surface area contributed by atoms with E-state index in [1.54, 1.807) is 17.0 Å². The van der Waals surface area contributed by atoms with Crippen LogP contribution in [0.3, 0.4) is 0 Å². The van der Waals surface area contributed by atoms with E-state index in [9.17, 15) is 9.59 Å². The van der Waals surface area contributed by atoms with Crippen LogP contribution in [0.1, 0.15) is 22.8 Å². The molecule has 6 nitrogen and oxygen atoms in total. The zero-order chi connectivity index (χ0) is 23.8. The molecule has 5 aromatic rings. The molecule has 3 aromatic carbocycles. The van der Waals surface area contributed by atoms with Crippen molar-refractivity contribution in [2.75, 3.05) is 32.1 Å². The van der Waals surface area contributed by atoms with Gasteiger partial charge in [0.1, 0.15) is 11.1 Å². The van der Waals surface area contributed by atoms with E-state index in [0.29, 0.717) is 23.8 Å². The highest BCUT2D eigenvalue weighted by molar-refractivity contribution is 7.22. The summed E-state index contributed by atoms with van der Waals surface area (Å²) < 4.78 is 6.61. The summed E-state index contributed by atoms with van der Waals surface area (Å²) in [4.78, 5) is 35.0. The fraction of sp³-hybridized carbons (Fsp3) is 0.222. The number of thiazole rings is 1. The molecule has 34 heavy (non-hydrogen) atoms. The fourth-order valence-corrected chi connectivity index (χ4v) is 5.10. The van der Waals surface area contributed by atoms with E-state index < -0.39 is 11.5 Å². The second kappa shape index (κ2) is 9.00. The molecule has 0 radical (unpaired) electrons. The van der Waals surface area contributed by atoms with Gasteiger partial charge >= 0.3 is 5.63 Å². The Balaban J connectivity index is 1.63. The number of amides is 1. The van der Waals surface area contributed by atoms with Crippen LogP contribution in [-0.2, 0) is 6.42 Å². The SMILES string of the molecule is CCc1ccc2nc(N(CCN(C)C)C(=O)c3cc4c(ccc5ccccc54)oc3=O)sc2c1. The number of hydrogen-bond acceptors (Lipinski definition) is 6. The van der Waals surface area contributed by atoms with Crippen molar-refractivity contribution >= 4 is 54.3 Å². The Morgan fingerprint density at radius 2 is 1.82 bits per heavy atom. The Kier molecular flexibility index (Phi) is 5.89. The summed E-state index contributed by atoms with van der Waals surface area (Å²) in [6, 6.07) is 19.4. The molecule has 5 rings (SSSR count). The minimum atomic E-state index is -0.642. The van der Waals surface area contributed by atoms with Crippen molar-refractivity contribution in [3.63, 3.8) is 0 Å². The van der Waals surface area contributed by atoms with Gasteiger partial charge in [0.15, 0.2) is 5.13 Å². The molecule has 172 valence electrons. The van der Waals surface area contributed by atoms with Crippen LogP contribution in [0.15, 0.2) is 69.9 Å². The highest BCUT2D eigenvalue weighted by atomic mass is 32.1. The van der Waals surface area contributed by atoms with Gasteiger partial charge in [-0.3, -0.25) is 9.69 Å². The smallest absolute Gasteiger partial charge is 0.349 e. The predicted octanol–water partition coefficient (Wildman–Crippen LogP) is 5.33. The summed E-state index contributed by atoms with van der Waals surface area (Å²) in [6.07, 6.45) is 0.929. The van der Waals surface area contributed by atoms with Crippen LogP contribution in [0.5, 0.6) is 0 Å². The van der Waals surface area contributed by atoms with Gasteiger partial charge in [-0.15, -0.1) is 0 Å². The number of likely N-dealkylation sites (N-methyl/N-ethyl adjacent to an activating group) is 1. The van der Waals surface area contributed by atoms with Crippen LogP contribution in [0, 0.1) is 0 Å². The number of nitrogens with zero attached hydrogens (tertiary/aromatic N) is 3. The molecule has 7 heteroatoms. The van der Waals surface area contributed by atoms with E-state index in [2.05, 4.69) is 19.1 Å². The van der Waals surface area contributed by atoms with Crippen molar-refractivity contribution in [3.8, 4) is 0 Å². The summed E-state index contributed by atoms with van der Waals surface area (Å²) in [7, 11) is 3.90. The molecule has 2 heterocycles. The average molecular weight is 472 g/mol. The molecule has 0 saturated heterocycles. The zero-order valence-electron chi connectivity index (χ0n) is 19.4. The van der Waals surface area contributed by atoms with Crippen molar-refractivity contribution in [1.82, 2.24) is 9.88 Å². The first-order valence-electron chi connectivity index (χ1n) is 11.3. The summed E-state index contributed by atoms with van der Waals surface area (Å²) in [6.45, 7) is 3.14. The highest BCUT2D eigenvalue weighted by Gasteiger charge is 2.25. The average Bonchev–Trinajstić information content (AvgIpc) is 3.26. The fourth-order valence-electron chi connectivity index (χ4n) is 4.04. The number of aryl methyl sites for hydroxylation is 1. The number of aromatic nitrogens is 1. The summed E-state index contributed by atoms with van der Waals surface area (Å²) >= 11 is 1.46. The van der Waals surface area contributed by atoms with Crippen LogP contribution in [0.25, 0.3) is 32.0 Å². The van der Waals surface area contributed by atoms with E-state index in [-0.39, 0.29) is 5.56 Å². The number of anilines is 1. The van der Waals surface area contributed by atoms with Gasteiger partial charge in [-0.1, -0.05) is 54.7 Å². The minimum absolute atomic E-state index is 0.0103. The van der Waals surface area contributed by atoms with Crippen molar-refractivity contribution in [2.24, 2.45) is 0 Å².